The van der Waals surface area contributed by atoms with Gasteiger partial charge in [-0.05, 0) is 30.1 Å². The van der Waals surface area contributed by atoms with Gasteiger partial charge < -0.3 is 0 Å². The van der Waals surface area contributed by atoms with E-state index in [-0.39, 0.29) is 18.3 Å². The van der Waals surface area contributed by atoms with Crippen molar-refractivity contribution in [3.8, 4) is 0 Å². The summed E-state index contributed by atoms with van der Waals surface area (Å²) in [6.07, 6.45) is 2.45. The highest BCUT2D eigenvalue weighted by Gasteiger charge is 2.61. The second-order valence-electron chi connectivity index (χ2n) is 5.12. The molecule has 2 fully saturated rings. The summed E-state index contributed by atoms with van der Waals surface area (Å²) >= 11 is 0. The van der Waals surface area contributed by atoms with Gasteiger partial charge in [0.05, 0.1) is 0 Å². The van der Waals surface area contributed by atoms with E-state index in [1.165, 1.54) is 0 Å². The maximum absolute atomic E-state index is 12.6. The van der Waals surface area contributed by atoms with Crippen molar-refractivity contribution >= 4 is 0 Å². The van der Waals surface area contributed by atoms with E-state index in [0.717, 1.165) is 18.8 Å². The van der Waals surface area contributed by atoms with Crippen molar-refractivity contribution in [3.63, 3.8) is 0 Å². The Morgan fingerprint density at radius 3 is 2.00 bits per heavy atom. The Labute approximate surface area is 72.3 Å². The van der Waals surface area contributed by atoms with Crippen LogP contribution in [0.2, 0.25) is 0 Å². The number of hydrogen-bond acceptors (Lipinski definition) is 0. The number of rotatable bonds is 1. The first-order valence-corrected chi connectivity index (χ1v) is 4.80. The predicted octanol–water partition coefficient (Wildman–Crippen LogP) is 3.47. The number of halogens is 2. The molecule has 1 spiro atoms. The third-order valence-corrected chi connectivity index (χ3v) is 3.60. The van der Waals surface area contributed by atoms with Crippen molar-refractivity contribution in [2.24, 2.45) is 17.3 Å². The van der Waals surface area contributed by atoms with Crippen LogP contribution < -0.4 is 0 Å². The largest absolute Gasteiger partial charge is 0.249 e. The van der Waals surface area contributed by atoms with Crippen molar-refractivity contribution < 1.29 is 8.78 Å². The highest BCUT2D eigenvalue weighted by atomic mass is 19.3. The quantitative estimate of drug-likeness (QED) is 0.571. The highest BCUT2D eigenvalue weighted by molar-refractivity contribution is 5.06. The number of hydrogen-bond donors (Lipinski definition) is 0. The van der Waals surface area contributed by atoms with Gasteiger partial charge in [0, 0.05) is 12.8 Å². The van der Waals surface area contributed by atoms with Crippen LogP contribution in [0.25, 0.3) is 0 Å². The topological polar surface area (TPSA) is 0 Å². The lowest BCUT2D eigenvalue weighted by atomic mass is 9.48. The molecule has 70 valence electrons. The molecule has 0 aliphatic heterocycles. The minimum absolute atomic E-state index is 0.0818. The van der Waals surface area contributed by atoms with Gasteiger partial charge in [0.2, 0.25) is 5.92 Å². The zero-order chi connectivity index (χ0) is 8.98. The van der Waals surface area contributed by atoms with Crippen LogP contribution in [0.4, 0.5) is 8.78 Å². The fraction of sp³-hybridized carbons (Fsp3) is 1.00. The summed E-state index contributed by atoms with van der Waals surface area (Å²) in [5.74, 6) is -0.909. The van der Waals surface area contributed by atoms with Gasteiger partial charge in [-0.2, -0.15) is 0 Å². The number of alkyl halides is 2. The Bertz CT molecular complexity index is 180. The first-order chi connectivity index (χ1) is 5.43. The average Bonchev–Trinajstić information content (AvgIpc) is 1.75. The zero-order valence-corrected chi connectivity index (χ0v) is 7.74. The fourth-order valence-corrected chi connectivity index (χ4v) is 2.86. The van der Waals surface area contributed by atoms with E-state index in [9.17, 15) is 8.78 Å². The lowest BCUT2D eigenvalue weighted by Gasteiger charge is -2.58. The minimum Gasteiger partial charge on any atom is -0.207 e. The molecular weight excluding hydrogens is 158 g/mol. The first kappa shape index (κ1) is 8.46. The van der Waals surface area contributed by atoms with Crippen molar-refractivity contribution in [3.05, 3.63) is 0 Å². The van der Waals surface area contributed by atoms with Crippen LogP contribution in [0, 0.1) is 17.3 Å². The fourth-order valence-electron chi connectivity index (χ4n) is 2.86. The third-order valence-electron chi connectivity index (χ3n) is 3.60. The molecule has 0 atom stereocenters. The van der Waals surface area contributed by atoms with Gasteiger partial charge in [-0.3, -0.25) is 0 Å². The minimum atomic E-state index is -2.32. The summed E-state index contributed by atoms with van der Waals surface area (Å²) in [4.78, 5) is 0. The third kappa shape index (κ3) is 1.16. The van der Waals surface area contributed by atoms with Crippen molar-refractivity contribution in [2.45, 2.75) is 45.5 Å². The SMILES string of the molecule is CC(C)C1CC2(C1)CC(F)(F)C2. The van der Waals surface area contributed by atoms with Gasteiger partial charge in [0.25, 0.3) is 0 Å². The summed E-state index contributed by atoms with van der Waals surface area (Å²) in [6.45, 7) is 4.38. The summed E-state index contributed by atoms with van der Waals surface area (Å²) < 4.78 is 25.2. The summed E-state index contributed by atoms with van der Waals surface area (Å²) in [7, 11) is 0. The molecule has 0 radical (unpaired) electrons. The standard InChI is InChI=1S/C10H16F2/c1-7(2)8-3-9(4-8)5-10(11,12)6-9/h7-8H,3-6H2,1-2H3. The molecule has 0 unspecified atom stereocenters. The van der Waals surface area contributed by atoms with Crippen molar-refractivity contribution in [1.29, 1.82) is 0 Å². The Balaban J connectivity index is 1.83. The van der Waals surface area contributed by atoms with E-state index in [2.05, 4.69) is 13.8 Å². The highest BCUT2D eigenvalue weighted by Crippen LogP contribution is 2.65. The van der Waals surface area contributed by atoms with Crippen LogP contribution in [0.15, 0.2) is 0 Å². The first-order valence-electron chi connectivity index (χ1n) is 4.80. The summed E-state index contributed by atoms with van der Waals surface area (Å²) in [5.41, 5.74) is 0.0818. The average molecular weight is 174 g/mol. The van der Waals surface area contributed by atoms with E-state index in [4.69, 9.17) is 0 Å². The predicted molar refractivity (Wildman–Crippen MR) is 44.2 cm³/mol. The molecule has 12 heavy (non-hydrogen) atoms. The lowest BCUT2D eigenvalue weighted by molar-refractivity contribution is -0.211. The molecule has 0 nitrogen and oxygen atoms in total. The van der Waals surface area contributed by atoms with Crippen LogP contribution in [0.3, 0.4) is 0 Å². The monoisotopic (exact) mass is 174 g/mol. The van der Waals surface area contributed by atoms with E-state index in [1.54, 1.807) is 0 Å². The summed E-state index contributed by atoms with van der Waals surface area (Å²) in [6, 6.07) is 0. The van der Waals surface area contributed by atoms with E-state index in [1.807, 2.05) is 0 Å². The van der Waals surface area contributed by atoms with Gasteiger partial charge in [-0.15, -0.1) is 0 Å². The molecule has 0 N–H and O–H groups in total. The van der Waals surface area contributed by atoms with Crippen LogP contribution >= 0.6 is 0 Å². The molecule has 2 saturated carbocycles. The molecule has 0 amide bonds. The van der Waals surface area contributed by atoms with E-state index < -0.39 is 5.92 Å². The van der Waals surface area contributed by atoms with Crippen molar-refractivity contribution in [1.82, 2.24) is 0 Å². The Kier molecular flexibility index (Phi) is 1.56. The Morgan fingerprint density at radius 2 is 1.67 bits per heavy atom. The van der Waals surface area contributed by atoms with Gasteiger partial charge in [0.1, 0.15) is 0 Å². The van der Waals surface area contributed by atoms with Crippen molar-refractivity contribution in [2.75, 3.05) is 0 Å². The van der Waals surface area contributed by atoms with Crippen LogP contribution in [0.1, 0.15) is 39.5 Å². The van der Waals surface area contributed by atoms with Crippen LogP contribution in [-0.2, 0) is 0 Å². The van der Waals surface area contributed by atoms with E-state index in [0.29, 0.717) is 5.92 Å². The molecule has 0 bridgehead atoms. The van der Waals surface area contributed by atoms with Gasteiger partial charge in [-0.1, -0.05) is 13.8 Å². The van der Waals surface area contributed by atoms with E-state index >= 15 is 0 Å². The molecule has 2 rings (SSSR count). The molecule has 0 aromatic carbocycles. The zero-order valence-electron chi connectivity index (χ0n) is 7.74. The summed E-state index contributed by atoms with van der Waals surface area (Å²) in [5, 5.41) is 0. The molecule has 0 saturated heterocycles. The Morgan fingerprint density at radius 1 is 1.17 bits per heavy atom. The molecule has 2 heteroatoms. The smallest absolute Gasteiger partial charge is 0.207 e. The molecule has 0 aromatic rings. The maximum atomic E-state index is 12.6. The molecule has 0 heterocycles. The second kappa shape index (κ2) is 2.21. The van der Waals surface area contributed by atoms with Crippen LogP contribution in [-0.4, -0.2) is 5.92 Å². The normalized spacial score (nSPS) is 31.8. The van der Waals surface area contributed by atoms with Gasteiger partial charge in [0.15, 0.2) is 0 Å². The van der Waals surface area contributed by atoms with Gasteiger partial charge >= 0.3 is 0 Å². The molecular formula is C10H16F2. The second-order valence-corrected chi connectivity index (χ2v) is 5.12. The Hall–Kier alpha value is -0.140. The lowest BCUT2D eigenvalue weighted by Crippen LogP contribution is -2.54. The molecule has 2 aliphatic rings. The molecule has 0 aromatic heterocycles. The van der Waals surface area contributed by atoms with Crippen LogP contribution in [0.5, 0.6) is 0 Å². The molecule has 2 aliphatic carbocycles. The maximum Gasteiger partial charge on any atom is 0.249 e. The van der Waals surface area contributed by atoms with Gasteiger partial charge in [-0.25, -0.2) is 8.78 Å².